The number of carbonyl (C=O) groups excluding carboxylic acids is 2. The first-order valence-corrected chi connectivity index (χ1v) is 8.37. The Kier molecular flexibility index (Phi) is 7.01. The molecule has 2 rings (SSSR count). The number of hydrogen-bond donors (Lipinski definition) is 1. The van der Waals surface area contributed by atoms with Crippen molar-refractivity contribution in [3.8, 4) is 5.75 Å². The second-order valence-corrected chi connectivity index (χ2v) is 5.57. The summed E-state index contributed by atoms with van der Waals surface area (Å²) in [6, 6.07) is 13.7. The Balaban J connectivity index is 2.04. The van der Waals surface area contributed by atoms with Gasteiger partial charge in [0.25, 0.3) is 5.91 Å². The first-order valence-electron chi connectivity index (χ1n) is 8.37. The molecule has 0 aromatic heterocycles. The van der Waals surface area contributed by atoms with Crippen molar-refractivity contribution in [1.82, 2.24) is 0 Å². The highest BCUT2D eigenvalue weighted by molar-refractivity contribution is 6.06. The lowest BCUT2D eigenvalue weighted by Crippen LogP contribution is -2.14. The molecule has 2 aromatic carbocycles. The third-order valence-corrected chi connectivity index (χ3v) is 3.70. The van der Waals surface area contributed by atoms with Gasteiger partial charge in [0.05, 0.1) is 24.8 Å². The van der Waals surface area contributed by atoms with Crippen molar-refractivity contribution in [3.05, 3.63) is 59.7 Å². The monoisotopic (exact) mass is 341 g/mol. The number of nitrogens with one attached hydrogen (secondary N) is 1. The highest BCUT2D eigenvalue weighted by Crippen LogP contribution is 2.20. The van der Waals surface area contributed by atoms with E-state index >= 15 is 0 Å². The second kappa shape index (κ2) is 9.47. The smallest absolute Gasteiger partial charge is 0.337 e. The van der Waals surface area contributed by atoms with Crippen molar-refractivity contribution in [2.45, 2.75) is 26.2 Å². The number of carbonyl (C=O) groups is 2. The second-order valence-electron chi connectivity index (χ2n) is 5.57. The van der Waals surface area contributed by atoms with Crippen molar-refractivity contribution in [3.63, 3.8) is 0 Å². The Labute approximate surface area is 148 Å². The van der Waals surface area contributed by atoms with Crippen molar-refractivity contribution in [1.29, 1.82) is 0 Å². The zero-order valence-corrected chi connectivity index (χ0v) is 14.6. The molecule has 0 atom stereocenters. The lowest BCUT2D eigenvalue weighted by molar-refractivity contribution is 0.0600. The van der Waals surface area contributed by atoms with Crippen LogP contribution in [-0.2, 0) is 4.74 Å². The number of anilines is 1. The van der Waals surface area contributed by atoms with Crippen LogP contribution in [0.1, 0.15) is 46.9 Å². The molecule has 0 aliphatic rings. The molecule has 0 aliphatic carbocycles. The van der Waals surface area contributed by atoms with Crippen LogP contribution in [0.3, 0.4) is 0 Å². The van der Waals surface area contributed by atoms with Gasteiger partial charge >= 0.3 is 5.97 Å². The molecule has 132 valence electrons. The molecule has 25 heavy (non-hydrogen) atoms. The Hall–Kier alpha value is -2.82. The zero-order chi connectivity index (χ0) is 18.1. The van der Waals surface area contributed by atoms with Gasteiger partial charge in [-0.05, 0) is 42.8 Å². The molecule has 1 amide bonds. The van der Waals surface area contributed by atoms with E-state index in [1.54, 1.807) is 42.5 Å². The largest absolute Gasteiger partial charge is 0.493 e. The summed E-state index contributed by atoms with van der Waals surface area (Å²) in [6.45, 7) is 2.72. The predicted octanol–water partition coefficient (Wildman–Crippen LogP) is 4.29. The Morgan fingerprint density at radius 1 is 1.00 bits per heavy atom. The molecular weight excluding hydrogens is 318 g/mol. The summed E-state index contributed by atoms with van der Waals surface area (Å²) >= 11 is 0. The Morgan fingerprint density at radius 3 is 2.40 bits per heavy atom. The fourth-order valence-electron chi connectivity index (χ4n) is 2.32. The molecule has 0 aliphatic heterocycles. The number of unbranched alkanes of at least 4 members (excludes halogenated alkanes) is 2. The lowest BCUT2D eigenvalue weighted by atomic mass is 10.1. The third kappa shape index (κ3) is 5.35. The highest BCUT2D eigenvalue weighted by Gasteiger charge is 2.13. The predicted molar refractivity (Wildman–Crippen MR) is 97.2 cm³/mol. The van der Waals surface area contributed by atoms with E-state index in [0.717, 1.165) is 19.3 Å². The average molecular weight is 341 g/mol. The van der Waals surface area contributed by atoms with Crippen molar-refractivity contribution in [2.24, 2.45) is 0 Å². The number of rotatable bonds is 8. The quantitative estimate of drug-likeness (QED) is 0.574. The molecule has 0 spiro atoms. The van der Waals surface area contributed by atoms with E-state index in [0.29, 0.717) is 29.2 Å². The number of hydrogen-bond acceptors (Lipinski definition) is 4. The van der Waals surface area contributed by atoms with Gasteiger partial charge in [-0.3, -0.25) is 4.79 Å². The molecule has 0 radical (unpaired) electrons. The standard InChI is InChI=1S/C20H23NO4/c1-3-4-7-14-25-18-9-6-5-8-17(18)19(22)21-16-12-10-15(11-13-16)20(23)24-2/h5-6,8-13H,3-4,7,14H2,1-2H3,(H,21,22). The first kappa shape index (κ1) is 18.5. The topological polar surface area (TPSA) is 64.6 Å². The summed E-state index contributed by atoms with van der Waals surface area (Å²) < 4.78 is 10.4. The van der Waals surface area contributed by atoms with Gasteiger partial charge in [0.1, 0.15) is 5.75 Å². The van der Waals surface area contributed by atoms with Gasteiger partial charge in [0.15, 0.2) is 0 Å². The first-order chi connectivity index (χ1) is 12.2. The van der Waals surface area contributed by atoms with Gasteiger partial charge in [0, 0.05) is 5.69 Å². The molecule has 0 heterocycles. The van der Waals surface area contributed by atoms with E-state index < -0.39 is 5.97 Å². The van der Waals surface area contributed by atoms with Crippen molar-refractivity contribution in [2.75, 3.05) is 19.0 Å². The van der Waals surface area contributed by atoms with Crippen LogP contribution in [0.2, 0.25) is 0 Å². The van der Waals surface area contributed by atoms with Gasteiger partial charge in [-0.1, -0.05) is 31.9 Å². The highest BCUT2D eigenvalue weighted by atomic mass is 16.5. The molecule has 5 heteroatoms. The number of benzene rings is 2. The van der Waals surface area contributed by atoms with Crippen LogP contribution in [0.15, 0.2) is 48.5 Å². The molecule has 1 N–H and O–H groups in total. The fourth-order valence-corrected chi connectivity index (χ4v) is 2.32. The minimum absolute atomic E-state index is 0.253. The van der Waals surface area contributed by atoms with Crippen LogP contribution in [0.25, 0.3) is 0 Å². The normalized spacial score (nSPS) is 10.2. The van der Waals surface area contributed by atoms with E-state index in [1.807, 2.05) is 6.07 Å². The lowest BCUT2D eigenvalue weighted by Gasteiger charge is -2.12. The maximum atomic E-state index is 12.5. The maximum absolute atomic E-state index is 12.5. The summed E-state index contributed by atoms with van der Waals surface area (Å²) in [7, 11) is 1.33. The minimum atomic E-state index is -0.413. The van der Waals surface area contributed by atoms with Crippen LogP contribution in [0.5, 0.6) is 5.75 Å². The van der Waals surface area contributed by atoms with Crippen LogP contribution < -0.4 is 10.1 Å². The Morgan fingerprint density at radius 2 is 1.72 bits per heavy atom. The molecule has 0 saturated heterocycles. The summed E-state index contributed by atoms with van der Waals surface area (Å²) in [5.41, 5.74) is 1.51. The van der Waals surface area contributed by atoms with E-state index in [9.17, 15) is 9.59 Å². The van der Waals surface area contributed by atoms with Gasteiger partial charge in [0.2, 0.25) is 0 Å². The number of ether oxygens (including phenoxy) is 2. The summed E-state index contributed by atoms with van der Waals surface area (Å²) in [5.74, 6) is -0.0945. The SMILES string of the molecule is CCCCCOc1ccccc1C(=O)Nc1ccc(C(=O)OC)cc1. The maximum Gasteiger partial charge on any atom is 0.337 e. The molecule has 2 aromatic rings. The van der Waals surface area contributed by atoms with Crippen LogP contribution in [0.4, 0.5) is 5.69 Å². The molecule has 0 saturated carbocycles. The van der Waals surface area contributed by atoms with Gasteiger partial charge in [-0.15, -0.1) is 0 Å². The number of esters is 1. The summed E-state index contributed by atoms with van der Waals surface area (Å²) in [5, 5.41) is 2.81. The number of methoxy groups -OCH3 is 1. The van der Waals surface area contributed by atoms with E-state index in [2.05, 4.69) is 17.0 Å². The molecule has 0 bridgehead atoms. The average Bonchev–Trinajstić information content (AvgIpc) is 2.65. The Bertz CT molecular complexity index is 710. The van der Waals surface area contributed by atoms with Crippen LogP contribution >= 0.6 is 0 Å². The van der Waals surface area contributed by atoms with Gasteiger partial charge in [-0.2, -0.15) is 0 Å². The number of para-hydroxylation sites is 1. The van der Waals surface area contributed by atoms with Crippen LogP contribution in [-0.4, -0.2) is 25.6 Å². The van der Waals surface area contributed by atoms with E-state index in [1.165, 1.54) is 7.11 Å². The minimum Gasteiger partial charge on any atom is -0.493 e. The van der Waals surface area contributed by atoms with E-state index in [4.69, 9.17) is 4.74 Å². The fraction of sp³-hybridized carbons (Fsp3) is 0.300. The van der Waals surface area contributed by atoms with Crippen molar-refractivity contribution < 1.29 is 19.1 Å². The molecule has 5 nitrogen and oxygen atoms in total. The summed E-state index contributed by atoms with van der Waals surface area (Å²) in [6.07, 6.45) is 3.18. The van der Waals surface area contributed by atoms with Gasteiger partial charge in [-0.25, -0.2) is 4.79 Å². The molecule has 0 fully saturated rings. The molecule has 0 unspecified atom stereocenters. The zero-order valence-electron chi connectivity index (χ0n) is 14.6. The van der Waals surface area contributed by atoms with Crippen LogP contribution in [0, 0.1) is 0 Å². The van der Waals surface area contributed by atoms with E-state index in [-0.39, 0.29) is 5.91 Å². The third-order valence-electron chi connectivity index (χ3n) is 3.70. The summed E-state index contributed by atoms with van der Waals surface area (Å²) in [4.78, 5) is 23.9. The molecular formula is C20H23NO4. The van der Waals surface area contributed by atoms with Gasteiger partial charge < -0.3 is 14.8 Å². The number of amides is 1. The van der Waals surface area contributed by atoms with Crippen molar-refractivity contribution >= 4 is 17.6 Å².